The molecule has 1 aromatic carbocycles. The number of nitrogens with zero attached hydrogens (tertiary/aromatic N) is 2. The zero-order valence-corrected chi connectivity index (χ0v) is 12.5. The lowest BCUT2D eigenvalue weighted by atomic mass is 10.1. The van der Waals surface area contributed by atoms with Crippen LogP contribution < -0.4 is 5.73 Å². The molecule has 2 heterocycles. The summed E-state index contributed by atoms with van der Waals surface area (Å²) >= 11 is 6.01. The third-order valence-electron chi connectivity index (χ3n) is 3.53. The van der Waals surface area contributed by atoms with E-state index in [-0.39, 0.29) is 22.6 Å². The monoisotopic (exact) mass is 329 g/mol. The van der Waals surface area contributed by atoms with Crippen LogP contribution in [0, 0.1) is 5.82 Å². The van der Waals surface area contributed by atoms with Crippen LogP contribution in [0.5, 0.6) is 0 Å². The zero-order chi connectivity index (χ0) is 15.2. The fourth-order valence-electron chi connectivity index (χ4n) is 2.47. The average molecular weight is 330 g/mol. The van der Waals surface area contributed by atoms with Crippen LogP contribution in [0.3, 0.4) is 0 Å². The fourth-order valence-corrected chi connectivity index (χ4v) is 4.43. The number of halogens is 2. The molecule has 0 spiro atoms. The second kappa shape index (κ2) is 4.99. The molecule has 0 aliphatic carbocycles. The maximum absolute atomic E-state index is 13.1. The van der Waals surface area contributed by atoms with Gasteiger partial charge in [0.05, 0.1) is 28.3 Å². The van der Waals surface area contributed by atoms with E-state index in [1.807, 2.05) is 0 Å². The van der Waals surface area contributed by atoms with Gasteiger partial charge < -0.3 is 5.73 Å². The van der Waals surface area contributed by atoms with Crippen molar-refractivity contribution in [2.75, 3.05) is 17.2 Å². The Bertz CT molecular complexity index is 804. The number of hydrogen-bond donors (Lipinski definition) is 1. The molecule has 112 valence electrons. The summed E-state index contributed by atoms with van der Waals surface area (Å²) < 4.78 is 37.7. The second-order valence-corrected chi connectivity index (χ2v) is 7.73. The predicted molar refractivity (Wildman–Crippen MR) is 79.4 cm³/mol. The molecule has 1 unspecified atom stereocenters. The highest BCUT2D eigenvalue weighted by Gasteiger charge is 2.30. The van der Waals surface area contributed by atoms with Crippen LogP contribution in [0.1, 0.15) is 12.5 Å². The van der Waals surface area contributed by atoms with Crippen molar-refractivity contribution in [1.29, 1.82) is 0 Å². The Kier molecular flexibility index (Phi) is 3.41. The summed E-state index contributed by atoms with van der Waals surface area (Å²) in [7, 11) is -3.00. The van der Waals surface area contributed by atoms with E-state index in [0.717, 1.165) is 0 Å². The van der Waals surface area contributed by atoms with E-state index < -0.39 is 15.7 Å². The molecule has 8 heteroatoms. The summed E-state index contributed by atoms with van der Waals surface area (Å²) in [5, 5.41) is 4.55. The van der Waals surface area contributed by atoms with Crippen molar-refractivity contribution in [1.82, 2.24) is 9.78 Å². The number of benzene rings is 1. The van der Waals surface area contributed by atoms with Crippen molar-refractivity contribution in [2.45, 2.75) is 12.5 Å². The van der Waals surface area contributed by atoms with Crippen molar-refractivity contribution >= 4 is 27.1 Å². The molecule has 1 atom stereocenters. The molecule has 1 aliphatic heterocycles. The van der Waals surface area contributed by atoms with Crippen LogP contribution in [-0.2, 0) is 9.84 Å². The minimum Gasteiger partial charge on any atom is -0.396 e. The number of aromatic nitrogens is 2. The number of nitrogen functional groups attached to an aromatic ring is 1. The molecule has 0 amide bonds. The Balaban J connectivity index is 1.99. The Hall–Kier alpha value is -1.60. The SMILES string of the molecule is Nc1cn(C2CCS(=O)(=O)C2)nc1-c1ccc(F)cc1Cl. The first-order chi connectivity index (χ1) is 9.85. The Morgan fingerprint density at radius 2 is 2.19 bits per heavy atom. The maximum atomic E-state index is 13.1. The van der Waals surface area contributed by atoms with Gasteiger partial charge in [-0.05, 0) is 24.6 Å². The van der Waals surface area contributed by atoms with E-state index in [1.54, 1.807) is 10.9 Å². The first kappa shape index (κ1) is 14.3. The van der Waals surface area contributed by atoms with E-state index in [1.165, 1.54) is 18.2 Å². The van der Waals surface area contributed by atoms with Crippen molar-refractivity contribution in [3.63, 3.8) is 0 Å². The van der Waals surface area contributed by atoms with Gasteiger partial charge >= 0.3 is 0 Å². The maximum Gasteiger partial charge on any atom is 0.152 e. The Morgan fingerprint density at radius 3 is 2.81 bits per heavy atom. The smallest absolute Gasteiger partial charge is 0.152 e. The van der Waals surface area contributed by atoms with Crippen molar-refractivity contribution < 1.29 is 12.8 Å². The van der Waals surface area contributed by atoms with E-state index in [0.29, 0.717) is 23.4 Å². The third kappa shape index (κ3) is 2.75. The van der Waals surface area contributed by atoms with Crippen LogP contribution in [0.25, 0.3) is 11.3 Å². The van der Waals surface area contributed by atoms with E-state index in [4.69, 9.17) is 17.3 Å². The molecule has 0 saturated carbocycles. The lowest BCUT2D eigenvalue weighted by molar-refractivity contribution is 0.501. The molecular formula is C13H13ClFN3O2S. The lowest BCUT2D eigenvalue weighted by Gasteiger charge is -2.07. The summed E-state index contributed by atoms with van der Waals surface area (Å²) in [6.45, 7) is 0. The van der Waals surface area contributed by atoms with Gasteiger partial charge in [-0.1, -0.05) is 11.6 Å². The third-order valence-corrected chi connectivity index (χ3v) is 5.59. The largest absolute Gasteiger partial charge is 0.396 e. The number of anilines is 1. The van der Waals surface area contributed by atoms with Gasteiger partial charge in [0.25, 0.3) is 0 Å². The molecule has 3 rings (SSSR count). The fraction of sp³-hybridized carbons (Fsp3) is 0.308. The molecule has 1 saturated heterocycles. The van der Waals surface area contributed by atoms with Crippen LogP contribution in [-0.4, -0.2) is 29.7 Å². The van der Waals surface area contributed by atoms with Gasteiger partial charge in [-0.2, -0.15) is 5.10 Å². The quantitative estimate of drug-likeness (QED) is 0.917. The molecule has 5 nitrogen and oxygen atoms in total. The van der Waals surface area contributed by atoms with E-state index in [2.05, 4.69) is 5.10 Å². The highest BCUT2D eigenvalue weighted by Crippen LogP contribution is 2.33. The number of rotatable bonds is 2. The summed E-state index contributed by atoms with van der Waals surface area (Å²) in [5.41, 5.74) is 7.27. The van der Waals surface area contributed by atoms with Crippen LogP contribution in [0.15, 0.2) is 24.4 Å². The van der Waals surface area contributed by atoms with Crippen molar-refractivity contribution in [3.8, 4) is 11.3 Å². The minimum absolute atomic E-state index is 0.0602. The first-order valence-corrected chi connectivity index (χ1v) is 8.56. The molecule has 0 bridgehead atoms. The Morgan fingerprint density at radius 1 is 1.43 bits per heavy atom. The van der Waals surface area contributed by atoms with Crippen LogP contribution >= 0.6 is 11.6 Å². The minimum atomic E-state index is -3.00. The molecule has 21 heavy (non-hydrogen) atoms. The first-order valence-electron chi connectivity index (χ1n) is 6.36. The van der Waals surface area contributed by atoms with Gasteiger partial charge in [0.1, 0.15) is 11.5 Å². The van der Waals surface area contributed by atoms with Crippen molar-refractivity contribution in [2.24, 2.45) is 0 Å². The second-order valence-electron chi connectivity index (χ2n) is 5.09. The van der Waals surface area contributed by atoms with Gasteiger partial charge in [0.2, 0.25) is 0 Å². The standard InChI is InChI=1S/C13H13ClFN3O2S/c14-11-5-8(15)1-2-10(11)13-12(16)6-18(17-13)9-3-4-21(19,20)7-9/h1-2,5-6,9H,3-4,7,16H2. The molecular weight excluding hydrogens is 317 g/mol. The van der Waals surface area contributed by atoms with E-state index in [9.17, 15) is 12.8 Å². The van der Waals surface area contributed by atoms with Gasteiger partial charge in [-0.15, -0.1) is 0 Å². The average Bonchev–Trinajstić information content (AvgIpc) is 2.93. The molecule has 0 radical (unpaired) electrons. The predicted octanol–water partition coefficient (Wildman–Crippen LogP) is 2.28. The summed E-state index contributed by atoms with van der Waals surface area (Å²) in [6.07, 6.45) is 2.11. The molecule has 1 aromatic heterocycles. The highest BCUT2D eigenvalue weighted by molar-refractivity contribution is 7.91. The number of sulfone groups is 1. The molecule has 2 aromatic rings. The van der Waals surface area contributed by atoms with Crippen molar-refractivity contribution in [3.05, 3.63) is 35.2 Å². The van der Waals surface area contributed by atoms with E-state index >= 15 is 0 Å². The molecule has 2 N–H and O–H groups in total. The number of nitrogens with two attached hydrogens (primary N) is 1. The van der Waals surface area contributed by atoms with Crippen LogP contribution in [0.4, 0.5) is 10.1 Å². The normalized spacial score (nSPS) is 20.8. The lowest BCUT2D eigenvalue weighted by Crippen LogP contribution is -2.11. The van der Waals surface area contributed by atoms with Gasteiger partial charge in [-0.25, -0.2) is 12.8 Å². The summed E-state index contributed by atoms with van der Waals surface area (Å²) in [5.74, 6) is -0.224. The summed E-state index contributed by atoms with van der Waals surface area (Å²) in [6, 6.07) is 3.76. The van der Waals surface area contributed by atoms with Crippen LogP contribution in [0.2, 0.25) is 5.02 Å². The Labute approximate surface area is 126 Å². The van der Waals surface area contributed by atoms with Gasteiger partial charge in [0, 0.05) is 11.8 Å². The highest BCUT2D eigenvalue weighted by atomic mass is 35.5. The number of hydrogen-bond acceptors (Lipinski definition) is 4. The van der Waals surface area contributed by atoms with Gasteiger partial charge in [0.15, 0.2) is 9.84 Å². The molecule has 1 fully saturated rings. The van der Waals surface area contributed by atoms with Gasteiger partial charge in [-0.3, -0.25) is 4.68 Å². The zero-order valence-electron chi connectivity index (χ0n) is 11.0. The summed E-state index contributed by atoms with van der Waals surface area (Å²) in [4.78, 5) is 0. The topological polar surface area (TPSA) is 78.0 Å². The molecule has 1 aliphatic rings.